The van der Waals surface area contributed by atoms with E-state index in [0.717, 1.165) is 19.4 Å². The van der Waals surface area contributed by atoms with Gasteiger partial charge in [-0.2, -0.15) is 0 Å². The molecule has 2 aliphatic heterocycles. The van der Waals surface area contributed by atoms with E-state index in [1.165, 1.54) is 12.8 Å². The van der Waals surface area contributed by atoms with E-state index < -0.39 is 15.6 Å². The Kier molecular flexibility index (Phi) is 5.80. The van der Waals surface area contributed by atoms with Crippen molar-refractivity contribution in [2.24, 2.45) is 0 Å². The minimum Gasteiger partial charge on any atom is -0.378 e. The van der Waals surface area contributed by atoms with Crippen LogP contribution in [-0.2, 0) is 19.5 Å². The van der Waals surface area contributed by atoms with Crippen LogP contribution < -0.4 is 10.0 Å². The SMILES string of the molecule is COC1(CNS(=O)(=O)CCC2CCCCN2)CCOC1. The molecule has 2 aliphatic rings. The molecule has 0 aromatic heterocycles. The summed E-state index contributed by atoms with van der Waals surface area (Å²) in [4.78, 5) is 0. The first-order valence-electron chi connectivity index (χ1n) is 7.39. The fourth-order valence-corrected chi connectivity index (χ4v) is 3.96. The number of hydrogen-bond donors (Lipinski definition) is 2. The summed E-state index contributed by atoms with van der Waals surface area (Å²) in [6.07, 6.45) is 4.86. The highest BCUT2D eigenvalue weighted by molar-refractivity contribution is 7.89. The van der Waals surface area contributed by atoms with E-state index in [1.807, 2.05) is 0 Å². The summed E-state index contributed by atoms with van der Waals surface area (Å²) >= 11 is 0. The van der Waals surface area contributed by atoms with Crippen molar-refractivity contribution in [1.82, 2.24) is 10.0 Å². The number of ether oxygens (including phenoxy) is 2. The third-order valence-corrected chi connectivity index (χ3v) is 5.62. The van der Waals surface area contributed by atoms with Crippen LogP contribution in [0.3, 0.4) is 0 Å². The van der Waals surface area contributed by atoms with Gasteiger partial charge in [-0.25, -0.2) is 13.1 Å². The smallest absolute Gasteiger partial charge is 0.211 e. The van der Waals surface area contributed by atoms with Crippen LogP contribution in [-0.4, -0.2) is 59.2 Å². The Morgan fingerprint density at radius 1 is 1.45 bits per heavy atom. The number of rotatable bonds is 7. The highest BCUT2D eigenvalue weighted by Crippen LogP contribution is 2.21. The van der Waals surface area contributed by atoms with Crippen LogP contribution in [0, 0.1) is 0 Å². The van der Waals surface area contributed by atoms with Gasteiger partial charge in [0.1, 0.15) is 5.60 Å². The molecule has 0 bridgehead atoms. The molecule has 0 saturated carbocycles. The molecule has 0 radical (unpaired) electrons. The van der Waals surface area contributed by atoms with E-state index in [-0.39, 0.29) is 5.75 Å². The third-order valence-electron chi connectivity index (χ3n) is 4.26. The Labute approximate surface area is 121 Å². The zero-order valence-electron chi connectivity index (χ0n) is 12.2. The van der Waals surface area contributed by atoms with E-state index in [1.54, 1.807) is 7.11 Å². The molecular formula is C13H26N2O4S. The van der Waals surface area contributed by atoms with Crippen molar-refractivity contribution in [2.45, 2.75) is 43.7 Å². The van der Waals surface area contributed by atoms with Gasteiger partial charge >= 0.3 is 0 Å². The molecule has 2 saturated heterocycles. The highest BCUT2D eigenvalue weighted by Gasteiger charge is 2.36. The Bertz CT molecular complexity index is 387. The maximum absolute atomic E-state index is 12.1. The molecule has 2 heterocycles. The van der Waals surface area contributed by atoms with Gasteiger partial charge in [0.25, 0.3) is 0 Å². The zero-order chi connectivity index (χ0) is 14.5. The number of methoxy groups -OCH3 is 1. The summed E-state index contributed by atoms with van der Waals surface area (Å²) in [6.45, 7) is 2.38. The van der Waals surface area contributed by atoms with Gasteiger partial charge in [0.15, 0.2) is 0 Å². The second-order valence-corrected chi connectivity index (χ2v) is 7.69. The van der Waals surface area contributed by atoms with Crippen LogP contribution in [0.5, 0.6) is 0 Å². The lowest BCUT2D eigenvalue weighted by atomic mass is 10.0. The van der Waals surface area contributed by atoms with Gasteiger partial charge in [0.2, 0.25) is 10.0 Å². The summed E-state index contributed by atoms with van der Waals surface area (Å²) in [5.41, 5.74) is -0.490. The van der Waals surface area contributed by atoms with E-state index in [0.29, 0.717) is 32.2 Å². The van der Waals surface area contributed by atoms with Gasteiger partial charge in [-0.1, -0.05) is 6.42 Å². The van der Waals surface area contributed by atoms with E-state index in [9.17, 15) is 8.42 Å². The lowest BCUT2D eigenvalue weighted by molar-refractivity contribution is -0.0120. The van der Waals surface area contributed by atoms with Crippen molar-refractivity contribution in [3.05, 3.63) is 0 Å². The van der Waals surface area contributed by atoms with Gasteiger partial charge in [0, 0.05) is 32.7 Å². The van der Waals surface area contributed by atoms with Gasteiger partial charge in [-0.15, -0.1) is 0 Å². The van der Waals surface area contributed by atoms with E-state index >= 15 is 0 Å². The topological polar surface area (TPSA) is 76.7 Å². The minimum atomic E-state index is -3.24. The normalized spacial score (nSPS) is 31.6. The lowest BCUT2D eigenvalue weighted by Crippen LogP contribution is -2.46. The van der Waals surface area contributed by atoms with Crippen molar-refractivity contribution < 1.29 is 17.9 Å². The molecule has 7 heteroatoms. The Morgan fingerprint density at radius 2 is 2.30 bits per heavy atom. The Balaban J connectivity index is 1.75. The molecule has 20 heavy (non-hydrogen) atoms. The van der Waals surface area contributed by atoms with Crippen LogP contribution >= 0.6 is 0 Å². The van der Waals surface area contributed by atoms with Gasteiger partial charge in [-0.05, 0) is 25.8 Å². The van der Waals surface area contributed by atoms with E-state index in [4.69, 9.17) is 9.47 Å². The maximum Gasteiger partial charge on any atom is 0.211 e. The third kappa shape index (κ3) is 4.66. The summed E-state index contributed by atoms with van der Waals surface area (Å²) < 4.78 is 37.5. The van der Waals surface area contributed by atoms with E-state index in [2.05, 4.69) is 10.0 Å². The van der Waals surface area contributed by atoms with Crippen molar-refractivity contribution in [3.8, 4) is 0 Å². The van der Waals surface area contributed by atoms with Crippen LogP contribution in [0.2, 0.25) is 0 Å². The molecule has 2 fully saturated rings. The minimum absolute atomic E-state index is 0.172. The van der Waals surface area contributed by atoms with Crippen molar-refractivity contribution in [1.29, 1.82) is 0 Å². The number of nitrogens with one attached hydrogen (secondary N) is 2. The first-order valence-corrected chi connectivity index (χ1v) is 9.04. The monoisotopic (exact) mass is 306 g/mol. The largest absolute Gasteiger partial charge is 0.378 e. The fraction of sp³-hybridized carbons (Fsp3) is 1.00. The highest BCUT2D eigenvalue weighted by atomic mass is 32.2. The predicted octanol–water partition coefficient (Wildman–Crippen LogP) is 0.244. The molecule has 2 atom stereocenters. The van der Waals surface area contributed by atoms with Crippen molar-refractivity contribution >= 4 is 10.0 Å². The summed E-state index contributed by atoms with van der Waals surface area (Å²) in [6, 6.07) is 0.339. The fourth-order valence-electron chi connectivity index (χ4n) is 2.74. The Hall–Kier alpha value is -0.210. The molecule has 2 N–H and O–H groups in total. The summed E-state index contributed by atoms with van der Waals surface area (Å²) in [7, 11) is -1.64. The van der Waals surface area contributed by atoms with Gasteiger partial charge < -0.3 is 14.8 Å². The number of hydrogen-bond acceptors (Lipinski definition) is 5. The summed E-state index contributed by atoms with van der Waals surface area (Å²) in [5.74, 6) is 0.172. The molecule has 0 aromatic carbocycles. The molecular weight excluding hydrogens is 280 g/mol. The molecule has 0 aromatic rings. The van der Waals surface area contributed by atoms with Crippen molar-refractivity contribution in [2.75, 3.05) is 39.2 Å². The van der Waals surface area contributed by atoms with Crippen LogP contribution in [0.1, 0.15) is 32.1 Å². The molecule has 6 nitrogen and oxygen atoms in total. The molecule has 0 spiro atoms. The second-order valence-electron chi connectivity index (χ2n) is 5.77. The van der Waals surface area contributed by atoms with Crippen LogP contribution in [0.4, 0.5) is 0 Å². The molecule has 2 rings (SSSR count). The zero-order valence-corrected chi connectivity index (χ0v) is 13.0. The maximum atomic E-state index is 12.1. The molecule has 0 amide bonds. The average molecular weight is 306 g/mol. The molecule has 2 unspecified atom stereocenters. The van der Waals surface area contributed by atoms with Gasteiger partial charge in [0.05, 0.1) is 12.4 Å². The lowest BCUT2D eigenvalue weighted by Gasteiger charge is -2.26. The summed E-state index contributed by atoms with van der Waals surface area (Å²) in [5, 5.41) is 3.37. The van der Waals surface area contributed by atoms with Crippen molar-refractivity contribution in [3.63, 3.8) is 0 Å². The molecule has 118 valence electrons. The predicted molar refractivity (Wildman–Crippen MR) is 77.2 cm³/mol. The number of sulfonamides is 1. The van der Waals surface area contributed by atoms with Crippen LogP contribution in [0.25, 0.3) is 0 Å². The quantitative estimate of drug-likeness (QED) is 0.705. The Morgan fingerprint density at radius 3 is 2.90 bits per heavy atom. The standard InChI is InChI=1S/C13H26N2O4S/c1-18-13(6-8-19-11-13)10-15-20(16,17)9-5-12-4-2-3-7-14-12/h12,14-15H,2-11H2,1H3. The molecule has 0 aliphatic carbocycles. The average Bonchev–Trinajstić information content (AvgIpc) is 2.94. The first kappa shape index (κ1) is 16.2. The van der Waals surface area contributed by atoms with Crippen LogP contribution in [0.15, 0.2) is 0 Å². The van der Waals surface area contributed by atoms with Gasteiger partial charge in [-0.3, -0.25) is 0 Å². The number of piperidine rings is 1. The second kappa shape index (κ2) is 7.17. The first-order chi connectivity index (χ1) is 9.55.